The van der Waals surface area contributed by atoms with Gasteiger partial charge < -0.3 is 4.74 Å². The summed E-state index contributed by atoms with van der Waals surface area (Å²) in [6.45, 7) is 8.25. The van der Waals surface area contributed by atoms with Crippen molar-refractivity contribution in [2.24, 2.45) is 0 Å². The van der Waals surface area contributed by atoms with E-state index in [9.17, 15) is 4.79 Å². The molecule has 0 fully saturated rings. The highest BCUT2D eigenvalue weighted by molar-refractivity contribution is 5.91. The van der Waals surface area contributed by atoms with Crippen molar-refractivity contribution < 1.29 is 9.53 Å². The summed E-state index contributed by atoms with van der Waals surface area (Å²) in [5, 5.41) is 0. The molecule has 0 N–H and O–H groups in total. The maximum absolute atomic E-state index is 11.6. The minimum atomic E-state index is -0.247. The first-order valence-corrected chi connectivity index (χ1v) is 5.47. The molecule has 0 unspecified atom stereocenters. The molecule has 1 aromatic rings. The molecule has 0 saturated heterocycles. The lowest BCUT2D eigenvalue weighted by Gasteiger charge is -2.06. The Kier molecular flexibility index (Phi) is 4.29. The van der Waals surface area contributed by atoms with Gasteiger partial charge in [0.05, 0.1) is 12.2 Å². The van der Waals surface area contributed by atoms with Crippen molar-refractivity contribution in [3.8, 4) is 0 Å². The van der Waals surface area contributed by atoms with Crippen molar-refractivity contribution in [3.05, 3.63) is 40.5 Å². The van der Waals surface area contributed by atoms with Gasteiger partial charge in [-0.25, -0.2) is 4.79 Å². The Labute approximate surface area is 96.9 Å². The zero-order valence-electron chi connectivity index (χ0n) is 10.3. The van der Waals surface area contributed by atoms with Crippen molar-refractivity contribution in [2.75, 3.05) is 6.61 Å². The summed E-state index contributed by atoms with van der Waals surface area (Å²) in [6, 6.07) is 5.76. The molecular weight excluding hydrogens is 200 g/mol. The van der Waals surface area contributed by atoms with Crippen molar-refractivity contribution >= 4 is 12.0 Å². The Morgan fingerprint density at radius 3 is 2.56 bits per heavy atom. The quantitative estimate of drug-likeness (QED) is 0.725. The van der Waals surface area contributed by atoms with Gasteiger partial charge in [0.1, 0.15) is 0 Å². The van der Waals surface area contributed by atoms with Crippen LogP contribution in [-0.4, -0.2) is 12.6 Å². The smallest absolute Gasteiger partial charge is 0.338 e. The predicted octanol–water partition coefficient (Wildman–Crippen LogP) is 3.59. The van der Waals surface area contributed by atoms with Crippen LogP contribution in [0.1, 0.15) is 42.3 Å². The molecule has 16 heavy (non-hydrogen) atoms. The molecule has 2 heteroatoms. The van der Waals surface area contributed by atoms with Gasteiger partial charge in [-0.2, -0.15) is 0 Å². The number of carbonyl (C=O) groups is 1. The fourth-order valence-electron chi connectivity index (χ4n) is 1.55. The lowest BCUT2D eigenvalue weighted by atomic mass is 10.0. The SMILES string of the molecule is CCOC(=O)c1ccc(C=C(C)C)cc1C. The van der Waals surface area contributed by atoms with Crippen LogP contribution < -0.4 is 0 Å². The molecule has 0 aliphatic heterocycles. The molecule has 86 valence electrons. The Hall–Kier alpha value is -1.57. The molecule has 0 bridgehead atoms. The van der Waals surface area contributed by atoms with Gasteiger partial charge in [-0.15, -0.1) is 0 Å². The van der Waals surface area contributed by atoms with Gasteiger partial charge in [-0.1, -0.05) is 23.8 Å². The minimum absolute atomic E-state index is 0.247. The van der Waals surface area contributed by atoms with Crippen LogP contribution in [0, 0.1) is 6.92 Å². The average molecular weight is 218 g/mol. The number of allylic oxidation sites excluding steroid dienone is 1. The van der Waals surface area contributed by atoms with Crippen LogP contribution in [0.3, 0.4) is 0 Å². The van der Waals surface area contributed by atoms with E-state index < -0.39 is 0 Å². The summed E-state index contributed by atoms with van der Waals surface area (Å²) in [7, 11) is 0. The molecule has 0 saturated carbocycles. The molecule has 1 rings (SSSR count). The topological polar surface area (TPSA) is 26.3 Å². The molecule has 0 aliphatic carbocycles. The first kappa shape index (κ1) is 12.5. The van der Waals surface area contributed by atoms with Crippen molar-refractivity contribution in [3.63, 3.8) is 0 Å². The summed E-state index contributed by atoms with van der Waals surface area (Å²) in [5.41, 5.74) is 3.95. The summed E-state index contributed by atoms with van der Waals surface area (Å²) in [5.74, 6) is -0.247. The first-order chi connectivity index (χ1) is 7.54. The highest BCUT2D eigenvalue weighted by Crippen LogP contribution is 2.14. The summed E-state index contributed by atoms with van der Waals surface area (Å²) >= 11 is 0. The van der Waals surface area contributed by atoms with E-state index in [1.165, 1.54) is 5.57 Å². The second-order valence-electron chi connectivity index (χ2n) is 4.02. The third-order valence-corrected chi connectivity index (χ3v) is 2.20. The van der Waals surface area contributed by atoms with Gasteiger partial charge in [0.2, 0.25) is 0 Å². The van der Waals surface area contributed by atoms with E-state index in [1.54, 1.807) is 0 Å². The van der Waals surface area contributed by atoms with Crippen molar-refractivity contribution in [2.45, 2.75) is 27.7 Å². The highest BCUT2D eigenvalue weighted by atomic mass is 16.5. The summed E-state index contributed by atoms with van der Waals surface area (Å²) in [4.78, 5) is 11.6. The Morgan fingerprint density at radius 2 is 2.06 bits per heavy atom. The average Bonchev–Trinajstić information content (AvgIpc) is 2.16. The summed E-state index contributed by atoms with van der Waals surface area (Å²) in [6.07, 6.45) is 2.09. The van der Waals surface area contributed by atoms with Crippen LogP contribution in [0.25, 0.3) is 6.08 Å². The van der Waals surface area contributed by atoms with E-state index in [1.807, 2.05) is 32.0 Å². The third kappa shape index (κ3) is 3.23. The first-order valence-electron chi connectivity index (χ1n) is 5.47. The van der Waals surface area contributed by atoms with Gasteiger partial charge in [0, 0.05) is 0 Å². The van der Waals surface area contributed by atoms with Crippen molar-refractivity contribution in [1.29, 1.82) is 0 Å². The third-order valence-electron chi connectivity index (χ3n) is 2.20. The number of benzene rings is 1. The molecule has 1 aromatic carbocycles. The zero-order valence-corrected chi connectivity index (χ0v) is 10.3. The molecule has 0 aromatic heterocycles. The fourth-order valence-corrected chi connectivity index (χ4v) is 1.55. The van der Waals surface area contributed by atoms with E-state index >= 15 is 0 Å². The maximum atomic E-state index is 11.6. The minimum Gasteiger partial charge on any atom is -0.462 e. The van der Waals surface area contributed by atoms with Crippen LogP contribution in [0.4, 0.5) is 0 Å². The van der Waals surface area contributed by atoms with Gasteiger partial charge in [-0.05, 0) is 44.9 Å². The number of hydrogen-bond acceptors (Lipinski definition) is 2. The van der Waals surface area contributed by atoms with Crippen LogP contribution in [0.2, 0.25) is 0 Å². The Balaban J connectivity index is 3.00. The maximum Gasteiger partial charge on any atom is 0.338 e. The van der Waals surface area contributed by atoms with E-state index in [2.05, 4.69) is 19.9 Å². The molecule has 0 heterocycles. The number of rotatable bonds is 3. The van der Waals surface area contributed by atoms with Crippen LogP contribution in [-0.2, 0) is 4.74 Å². The second-order valence-corrected chi connectivity index (χ2v) is 4.02. The zero-order chi connectivity index (χ0) is 12.1. The number of aryl methyl sites for hydroxylation is 1. The molecule has 0 aliphatic rings. The number of esters is 1. The Bertz CT molecular complexity index is 413. The molecule has 0 radical (unpaired) electrons. The molecule has 2 nitrogen and oxygen atoms in total. The molecular formula is C14H18O2. The van der Waals surface area contributed by atoms with Gasteiger partial charge in [0.25, 0.3) is 0 Å². The second kappa shape index (κ2) is 5.50. The van der Waals surface area contributed by atoms with Crippen molar-refractivity contribution in [1.82, 2.24) is 0 Å². The van der Waals surface area contributed by atoms with E-state index in [-0.39, 0.29) is 5.97 Å². The Morgan fingerprint density at radius 1 is 1.38 bits per heavy atom. The highest BCUT2D eigenvalue weighted by Gasteiger charge is 2.09. The molecule has 0 amide bonds. The fraction of sp³-hybridized carbons (Fsp3) is 0.357. The number of carbonyl (C=O) groups excluding carboxylic acids is 1. The summed E-state index contributed by atoms with van der Waals surface area (Å²) < 4.78 is 4.98. The van der Waals surface area contributed by atoms with Gasteiger partial charge >= 0.3 is 5.97 Å². The predicted molar refractivity (Wildman–Crippen MR) is 66.5 cm³/mol. The van der Waals surface area contributed by atoms with Crippen LogP contribution in [0.15, 0.2) is 23.8 Å². The number of hydrogen-bond donors (Lipinski definition) is 0. The van der Waals surface area contributed by atoms with Gasteiger partial charge in [0.15, 0.2) is 0 Å². The van der Waals surface area contributed by atoms with E-state index in [0.29, 0.717) is 12.2 Å². The van der Waals surface area contributed by atoms with Crippen LogP contribution in [0.5, 0.6) is 0 Å². The number of ether oxygens (including phenoxy) is 1. The largest absolute Gasteiger partial charge is 0.462 e. The van der Waals surface area contributed by atoms with Gasteiger partial charge in [-0.3, -0.25) is 0 Å². The van der Waals surface area contributed by atoms with E-state index in [4.69, 9.17) is 4.74 Å². The van der Waals surface area contributed by atoms with E-state index in [0.717, 1.165) is 11.1 Å². The molecule has 0 atom stereocenters. The lowest BCUT2D eigenvalue weighted by molar-refractivity contribution is 0.0525. The molecule has 0 spiro atoms. The normalized spacial score (nSPS) is 9.75. The standard InChI is InChI=1S/C14H18O2/c1-5-16-14(15)13-7-6-12(8-10(2)3)9-11(13)4/h6-9H,5H2,1-4H3. The monoisotopic (exact) mass is 218 g/mol. The van der Waals surface area contributed by atoms with Crippen LogP contribution >= 0.6 is 0 Å². The lowest BCUT2D eigenvalue weighted by Crippen LogP contribution is -2.06.